The summed E-state index contributed by atoms with van der Waals surface area (Å²) >= 11 is 1.45. The summed E-state index contributed by atoms with van der Waals surface area (Å²) in [7, 11) is -3.35. The molecule has 0 saturated heterocycles. The average Bonchev–Trinajstić information content (AvgIpc) is 2.80. The predicted molar refractivity (Wildman–Crippen MR) is 83.0 cm³/mol. The fourth-order valence-electron chi connectivity index (χ4n) is 1.87. The van der Waals surface area contributed by atoms with E-state index in [1.807, 2.05) is 0 Å². The number of hydrogen-bond donors (Lipinski definition) is 2. The zero-order valence-corrected chi connectivity index (χ0v) is 12.6. The average molecular weight is 321 g/mol. The predicted octanol–water partition coefficient (Wildman–Crippen LogP) is 2.44. The van der Waals surface area contributed by atoms with E-state index in [4.69, 9.17) is 0 Å². The van der Waals surface area contributed by atoms with Crippen LogP contribution in [0.3, 0.4) is 0 Å². The number of aromatic hydroxyl groups is 1. The highest BCUT2D eigenvalue weighted by Crippen LogP contribution is 2.32. The van der Waals surface area contributed by atoms with Gasteiger partial charge in [-0.1, -0.05) is 0 Å². The molecule has 0 spiro atoms. The summed E-state index contributed by atoms with van der Waals surface area (Å²) in [5, 5.41) is 10.2. The van der Waals surface area contributed by atoms with Crippen LogP contribution in [0.25, 0.3) is 20.8 Å². The topological polar surface area (TPSA) is 92.2 Å². The second-order valence-corrected chi connectivity index (χ2v) is 7.29. The second kappa shape index (κ2) is 4.97. The van der Waals surface area contributed by atoms with Crippen LogP contribution in [0.15, 0.2) is 36.7 Å². The van der Waals surface area contributed by atoms with Crippen LogP contribution in [0.4, 0.5) is 5.69 Å². The standard InChI is InChI=1S/C13H11N3O3S2/c1-21(18,19)16-9-4-8(6-14-7-9)13-15-11-5-10(17)2-3-12(11)20-13/h2-7,16-17H,1H3. The highest BCUT2D eigenvalue weighted by Gasteiger charge is 2.09. The van der Waals surface area contributed by atoms with Crippen LogP contribution < -0.4 is 4.72 Å². The molecular formula is C13H11N3O3S2. The minimum Gasteiger partial charge on any atom is -0.508 e. The molecule has 1 aromatic carbocycles. The quantitative estimate of drug-likeness (QED) is 0.773. The molecule has 0 atom stereocenters. The van der Waals surface area contributed by atoms with Crippen molar-refractivity contribution in [1.82, 2.24) is 9.97 Å². The first-order valence-corrected chi connectivity index (χ1v) is 8.64. The third-order valence-electron chi connectivity index (χ3n) is 2.66. The molecule has 21 heavy (non-hydrogen) atoms. The summed E-state index contributed by atoms with van der Waals surface area (Å²) < 4.78 is 25.8. The lowest BCUT2D eigenvalue weighted by Gasteiger charge is -2.04. The number of hydrogen-bond acceptors (Lipinski definition) is 6. The van der Waals surface area contributed by atoms with E-state index in [1.165, 1.54) is 17.5 Å². The molecule has 2 aromatic heterocycles. The van der Waals surface area contributed by atoms with Crippen molar-refractivity contribution in [3.8, 4) is 16.3 Å². The van der Waals surface area contributed by atoms with Crippen LogP contribution in [-0.2, 0) is 10.0 Å². The van der Waals surface area contributed by atoms with Crippen molar-refractivity contribution in [2.45, 2.75) is 0 Å². The zero-order valence-electron chi connectivity index (χ0n) is 10.9. The molecule has 6 nitrogen and oxygen atoms in total. The van der Waals surface area contributed by atoms with Crippen molar-refractivity contribution >= 4 is 37.3 Å². The van der Waals surface area contributed by atoms with Crippen molar-refractivity contribution in [2.24, 2.45) is 0 Å². The molecular weight excluding hydrogens is 310 g/mol. The number of phenolic OH excluding ortho intramolecular Hbond substituents is 1. The Labute approximate surface area is 125 Å². The van der Waals surface area contributed by atoms with E-state index >= 15 is 0 Å². The van der Waals surface area contributed by atoms with Crippen LogP contribution in [0, 0.1) is 0 Å². The first-order valence-electron chi connectivity index (χ1n) is 5.93. The van der Waals surface area contributed by atoms with Gasteiger partial charge in [-0.05, 0) is 18.2 Å². The Morgan fingerprint density at radius 2 is 2.05 bits per heavy atom. The molecule has 3 aromatic rings. The molecule has 0 fully saturated rings. The summed E-state index contributed by atoms with van der Waals surface area (Å²) in [5.74, 6) is 0.157. The van der Waals surface area contributed by atoms with Crippen molar-refractivity contribution in [3.63, 3.8) is 0 Å². The van der Waals surface area contributed by atoms with Gasteiger partial charge in [0.2, 0.25) is 10.0 Å². The highest BCUT2D eigenvalue weighted by atomic mass is 32.2. The zero-order chi connectivity index (χ0) is 15.0. The highest BCUT2D eigenvalue weighted by molar-refractivity contribution is 7.92. The van der Waals surface area contributed by atoms with Gasteiger partial charge >= 0.3 is 0 Å². The number of thiazole rings is 1. The maximum Gasteiger partial charge on any atom is 0.229 e. The van der Waals surface area contributed by atoms with Gasteiger partial charge in [0.05, 0.1) is 28.4 Å². The van der Waals surface area contributed by atoms with Crippen LogP contribution >= 0.6 is 11.3 Å². The van der Waals surface area contributed by atoms with E-state index in [2.05, 4.69) is 14.7 Å². The van der Waals surface area contributed by atoms with Gasteiger partial charge in [0.25, 0.3) is 0 Å². The lowest BCUT2D eigenvalue weighted by Crippen LogP contribution is -2.09. The van der Waals surface area contributed by atoms with Gasteiger partial charge in [-0.15, -0.1) is 11.3 Å². The Morgan fingerprint density at radius 1 is 1.24 bits per heavy atom. The van der Waals surface area contributed by atoms with Crippen LogP contribution in [0.1, 0.15) is 0 Å². The number of fused-ring (bicyclic) bond motifs is 1. The van der Waals surface area contributed by atoms with Crippen LogP contribution in [0.2, 0.25) is 0 Å². The molecule has 0 saturated carbocycles. The minimum atomic E-state index is -3.35. The molecule has 3 rings (SSSR count). The normalized spacial score (nSPS) is 11.7. The first-order chi connectivity index (χ1) is 9.90. The van der Waals surface area contributed by atoms with Gasteiger partial charge < -0.3 is 5.11 Å². The maximum absolute atomic E-state index is 11.2. The van der Waals surface area contributed by atoms with E-state index in [9.17, 15) is 13.5 Å². The lowest BCUT2D eigenvalue weighted by atomic mass is 10.3. The molecule has 0 aliphatic heterocycles. The molecule has 0 radical (unpaired) electrons. The van der Waals surface area contributed by atoms with E-state index in [0.717, 1.165) is 11.0 Å². The van der Waals surface area contributed by atoms with Crippen LogP contribution in [-0.4, -0.2) is 29.7 Å². The van der Waals surface area contributed by atoms with Gasteiger partial charge in [0.1, 0.15) is 10.8 Å². The van der Waals surface area contributed by atoms with Crippen molar-refractivity contribution in [2.75, 3.05) is 11.0 Å². The molecule has 8 heteroatoms. The summed E-state index contributed by atoms with van der Waals surface area (Å²) in [5.41, 5.74) is 1.79. The van der Waals surface area contributed by atoms with Crippen molar-refractivity contribution in [1.29, 1.82) is 0 Å². The van der Waals surface area contributed by atoms with Gasteiger partial charge in [-0.2, -0.15) is 0 Å². The molecule has 0 aliphatic rings. The second-order valence-electron chi connectivity index (χ2n) is 4.51. The van der Waals surface area contributed by atoms with Crippen molar-refractivity contribution < 1.29 is 13.5 Å². The van der Waals surface area contributed by atoms with E-state index in [-0.39, 0.29) is 5.75 Å². The minimum absolute atomic E-state index is 0.157. The molecule has 108 valence electrons. The summed E-state index contributed by atoms with van der Waals surface area (Å²) in [6.07, 6.45) is 4.13. The number of phenols is 1. The number of rotatable bonds is 3. The first kappa shape index (κ1) is 13.8. The van der Waals surface area contributed by atoms with E-state index in [1.54, 1.807) is 30.5 Å². The smallest absolute Gasteiger partial charge is 0.229 e. The number of benzene rings is 1. The summed E-state index contributed by atoms with van der Waals surface area (Å²) in [4.78, 5) is 8.45. The van der Waals surface area contributed by atoms with Gasteiger partial charge in [-0.25, -0.2) is 13.4 Å². The lowest BCUT2D eigenvalue weighted by molar-refractivity contribution is 0.476. The molecule has 2 N–H and O–H groups in total. The number of sulfonamides is 1. The fourth-order valence-corrected chi connectivity index (χ4v) is 3.33. The van der Waals surface area contributed by atoms with Gasteiger partial charge in [0.15, 0.2) is 0 Å². The Morgan fingerprint density at radius 3 is 2.81 bits per heavy atom. The third kappa shape index (κ3) is 3.11. The Bertz CT molecular complexity index is 919. The number of nitrogens with one attached hydrogen (secondary N) is 1. The van der Waals surface area contributed by atoms with Crippen molar-refractivity contribution in [3.05, 3.63) is 36.7 Å². The summed E-state index contributed by atoms with van der Waals surface area (Å²) in [6, 6.07) is 6.65. The Kier molecular flexibility index (Phi) is 3.26. The Hall–Kier alpha value is -2.19. The van der Waals surface area contributed by atoms with Crippen LogP contribution in [0.5, 0.6) is 5.75 Å². The van der Waals surface area contributed by atoms with Gasteiger partial charge in [0, 0.05) is 17.8 Å². The van der Waals surface area contributed by atoms with E-state index in [0.29, 0.717) is 21.8 Å². The molecule has 2 heterocycles. The number of aromatic nitrogens is 2. The fraction of sp³-hybridized carbons (Fsp3) is 0.0769. The molecule has 0 unspecified atom stereocenters. The SMILES string of the molecule is CS(=O)(=O)Nc1cncc(-c2nc3cc(O)ccc3s2)c1. The van der Waals surface area contributed by atoms with Gasteiger partial charge in [-0.3, -0.25) is 9.71 Å². The molecule has 0 aliphatic carbocycles. The number of nitrogens with zero attached hydrogens (tertiary/aromatic N) is 2. The number of anilines is 1. The molecule has 0 bridgehead atoms. The largest absolute Gasteiger partial charge is 0.508 e. The monoisotopic (exact) mass is 321 g/mol. The molecule has 0 amide bonds. The summed E-state index contributed by atoms with van der Waals surface area (Å²) in [6.45, 7) is 0. The Balaban J connectivity index is 2.04. The maximum atomic E-state index is 11.2. The number of pyridine rings is 1. The third-order valence-corrected chi connectivity index (χ3v) is 4.35. The van der Waals surface area contributed by atoms with E-state index < -0.39 is 10.0 Å².